The lowest BCUT2D eigenvalue weighted by atomic mass is 9.87. The van der Waals surface area contributed by atoms with Gasteiger partial charge in [0.25, 0.3) is 0 Å². The maximum Gasteiger partial charge on any atom is 0.146 e. The van der Waals surface area contributed by atoms with E-state index in [-0.39, 0.29) is 5.82 Å². The van der Waals surface area contributed by atoms with Crippen molar-refractivity contribution in [1.82, 2.24) is 0 Å². The maximum absolute atomic E-state index is 13.2. The molecule has 0 spiro atoms. The van der Waals surface area contributed by atoms with E-state index in [2.05, 4.69) is 0 Å². The number of benzene rings is 1. The summed E-state index contributed by atoms with van der Waals surface area (Å²) in [5.74, 6) is 0.211. The van der Waals surface area contributed by atoms with E-state index in [0.29, 0.717) is 24.4 Å². The summed E-state index contributed by atoms with van der Waals surface area (Å²) in [6.07, 6.45) is 4.22. The molecule has 1 heterocycles. The molecule has 0 aromatic heterocycles. The first-order valence-corrected chi connectivity index (χ1v) is 5.98. The molecule has 1 aliphatic rings. The van der Waals surface area contributed by atoms with Gasteiger partial charge in [0.1, 0.15) is 17.2 Å². The number of hydrogen-bond donors (Lipinski definition) is 1. The van der Waals surface area contributed by atoms with Crippen LogP contribution < -0.4 is 0 Å². The Kier molecular flexibility index (Phi) is 3.48. The van der Waals surface area contributed by atoms with Gasteiger partial charge in [0, 0.05) is 0 Å². The summed E-state index contributed by atoms with van der Waals surface area (Å²) in [7, 11) is 0. The molecule has 2 rings (SSSR count). The molecule has 92 valence electrons. The fourth-order valence-corrected chi connectivity index (χ4v) is 2.11. The zero-order valence-corrected chi connectivity index (χ0v) is 9.95. The molecule has 17 heavy (non-hydrogen) atoms. The third-order valence-electron chi connectivity index (χ3n) is 3.16. The van der Waals surface area contributed by atoms with Crippen molar-refractivity contribution < 1.29 is 14.2 Å². The van der Waals surface area contributed by atoms with E-state index in [0.717, 1.165) is 12.8 Å². The molecule has 1 aromatic carbocycles. The molecule has 0 radical (unpaired) electrons. The first-order chi connectivity index (χ1) is 8.16. The topological polar surface area (TPSA) is 29.5 Å². The molecule has 0 saturated heterocycles. The van der Waals surface area contributed by atoms with E-state index in [1.807, 2.05) is 13.0 Å². The van der Waals surface area contributed by atoms with Crippen molar-refractivity contribution in [2.24, 2.45) is 0 Å². The molecule has 1 aromatic rings. The summed E-state index contributed by atoms with van der Waals surface area (Å²) >= 11 is 0. The molecule has 0 amide bonds. The molecule has 2 nitrogen and oxygen atoms in total. The van der Waals surface area contributed by atoms with Crippen LogP contribution in [0.3, 0.4) is 0 Å². The van der Waals surface area contributed by atoms with Crippen LogP contribution in [0.2, 0.25) is 0 Å². The Hall–Kier alpha value is -1.35. The van der Waals surface area contributed by atoms with Crippen molar-refractivity contribution >= 4 is 0 Å². The predicted octanol–water partition coefficient (Wildman–Crippen LogP) is 3.12. The summed E-state index contributed by atoms with van der Waals surface area (Å²) in [5.41, 5.74) is -0.657. The standard InChI is InChI=1S/C14H17FO2/c1-2-14(16,13-8-3-4-9-17-13)11-6-5-7-12(15)10-11/h5-8,10,16H,2-4,9H2,1H3. The monoisotopic (exact) mass is 236 g/mol. The van der Waals surface area contributed by atoms with Crippen LogP contribution in [0.25, 0.3) is 0 Å². The Balaban J connectivity index is 2.39. The Bertz CT molecular complexity index is 428. The summed E-state index contributed by atoms with van der Waals surface area (Å²) < 4.78 is 18.7. The molecule has 0 fully saturated rings. The summed E-state index contributed by atoms with van der Waals surface area (Å²) in [6.45, 7) is 2.48. The second-order valence-electron chi connectivity index (χ2n) is 4.28. The number of ether oxygens (including phenoxy) is 1. The van der Waals surface area contributed by atoms with Crippen LogP contribution in [-0.4, -0.2) is 11.7 Å². The van der Waals surface area contributed by atoms with Crippen LogP contribution in [-0.2, 0) is 10.3 Å². The summed E-state index contributed by atoms with van der Waals surface area (Å²) in [5, 5.41) is 10.7. The minimum absolute atomic E-state index is 0.342. The molecule has 0 bridgehead atoms. The highest BCUT2D eigenvalue weighted by atomic mass is 19.1. The minimum Gasteiger partial charge on any atom is -0.495 e. The van der Waals surface area contributed by atoms with Gasteiger partial charge in [0.05, 0.1) is 6.61 Å². The molecule has 3 heteroatoms. The molecule has 0 saturated carbocycles. The Morgan fingerprint density at radius 2 is 2.29 bits per heavy atom. The Morgan fingerprint density at radius 3 is 2.88 bits per heavy atom. The predicted molar refractivity (Wildman–Crippen MR) is 63.9 cm³/mol. The first-order valence-electron chi connectivity index (χ1n) is 5.98. The largest absolute Gasteiger partial charge is 0.495 e. The zero-order chi connectivity index (χ0) is 12.3. The number of rotatable bonds is 3. The highest BCUT2D eigenvalue weighted by Crippen LogP contribution is 2.35. The highest BCUT2D eigenvalue weighted by molar-refractivity contribution is 5.31. The van der Waals surface area contributed by atoms with Crippen molar-refractivity contribution in [3.63, 3.8) is 0 Å². The highest BCUT2D eigenvalue weighted by Gasteiger charge is 2.34. The SMILES string of the molecule is CCC(O)(C1=CCCCO1)c1cccc(F)c1. The third-order valence-corrected chi connectivity index (χ3v) is 3.16. The second-order valence-corrected chi connectivity index (χ2v) is 4.28. The van der Waals surface area contributed by atoms with Crippen LogP contribution in [0, 0.1) is 5.82 Å². The normalized spacial score (nSPS) is 19.1. The van der Waals surface area contributed by atoms with Gasteiger partial charge in [-0.15, -0.1) is 0 Å². The lowest BCUT2D eigenvalue weighted by molar-refractivity contribution is -0.00280. The lowest BCUT2D eigenvalue weighted by Crippen LogP contribution is -2.30. The van der Waals surface area contributed by atoms with Crippen molar-refractivity contribution in [1.29, 1.82) is 0 Å². The van der Waals surface area contributed by atoms with Crippen molar-refractivity contribution in [3.8, 4) is 0 Å². The van der Waals surface area contributed by atoms with E-state index in [1.165, 1.54) is 12.1 Å². The quantitative estimate of drug-likeness (QED) is 0.873. The average Bonchev–Trinajstić information content (AvgIpc) is 2.39. The van der Waals surface area contributed by atoms with Gasteiger partial charge in [-0.05, 0) is 43.0 Å². The van der Waals surface area contributed by atoms with Gasteiger partial charge in [-0.3, -0.25) is 0 Å². The summed E-state index contributed by atoms with van der Waals surface area (Å²) in [4.78, 5) is 0. The number of halogens is 1. The van der Waals surface area contributed by atoms with E-state index >= 15 is 0 Å². The van der Waals surface area contributed by atoms with Gasteiger partial charge < -0.3 is 9.84 Å². The fraction of sp³-hybridized carbons (Fsp3) is 0.429. The van der Waals surface area contributed by atoms with Crippen molar-refractivity contribution in [2.45, 2.75) is 31.8 Å². The molecule has 1 atom stereocenters. The molecular formula is C14H17FO2. The van der Waals surface area contributed by atoms with Gasteiger partial charge >= 0.3 is 0 Å². The average molecular weight is 236 g/mol. The molecular weight excluding hydrogens is 219 g/mol. The minimum atomic E-state index is -1.21. The fourth-order valence-electron chi connectivity index (χ4n) is 2.11. The number of allylic oxidation sites excluding steroid dienone is 1. The summed E-state index contributed by atoms with van der Waals surface area (Å²) in [6, 6.07) is 6.07. The van der Waals surface area contributed by atoms with Gasteiger partial charge in [-0.2, -0.15) is 0 Å². The maximum atomic E-state index is 13.2. The van der Waals surface area contributed by atoms with Gasteiger partial charge in [0.15, 0.2) is 0 Å². The molecule has 0 aliphatic carbocycles. The molecule has 1 N–H and O–H groups in total. The van der Waals surface area contributed by atoms with E-state index < -0.39 is 5.60 Å². The molecule has 1 aliphatic heterocycles. The Labute approximate surface area is 101 Å². The van der Waals surface area contributed by atoms with Gasteiger partial charge in [-0.25, -0.2) is 4.39 Å². The lowest BCUT2D eigenvalue weighted by Gasteiger charge is -2.32. The van der Waals surface area contributed by atoms with Gasteiger partial charge in [0.2, 0.25) is 0 Å². The second kappa shape index (κ2) is 4.88. The van der Waals surface area contributed by atoms with Crippen molar-refractivity contribution in [3.05, 3.63) is 47.5 Å². The van der Waals surface area contributed by atoms with Crippen LogP contribution in [0.1, 0.15) is 31.7 Å². The smallest absolute Gasteiger partial charge is 0.146 e. The third kappa shape index (κ3) is 2.34. The number of hydrogen-bond acceptors (Lipinski definition) is 2. The van der Waals surface area contributed by atoms with Crippen LogP contribution in [0.15, 0.2) is 36.1 Å². The van der Waals surface area contributed by atoms with Crippen LogP contribution in [0.5, 0.6) is 0 Å². The van der Waals surface area contributed by atoms with Crippen molar-refractivity contribution in [2.75, 3.05) is 6.61 Å². The van der Waals surface area contributed by atoms with E-state index in [1.54, 1.807) is 12.1 Å². The van der Waals surface area contributed by atoms with Gasteiger partial charge in [-0.1, -0.05) is 19.1 Å². The van der Waals surface area contributed by atoms with E-state index in [4.69, 9.17) is 4.74 Å². The Morgan fingerprint density at radius 1 is 1.47 bits per heavy atom. The van der Waals surface area contributed by atoms with Crippen LogP contribution in [0.4, 0.5) is 4.39 Å². The molecule has 1 unspecified atom stereocenters. The van der Waals surface area contributed by atoms with E-state index in [9.17, 15) is 9.50 Å². The number of aliphatic hydroxyl groups is 1. The van der Waals surface area contributed by atoms with Crippen LogP contribution >= 0.6 is 0 Å². The zero-order valence-electron chi connectivity index (χ0n) is 9.95. The first kappa shape index (κ1) is 12.1.